The maximum atomic E-state index is 12.1. The van der Waals surface area contributed by atoms with Crippen LogP contribution in [0.5, 0.6) is 0 Å². The zero-order valence-corrected chi connectivity index (χ0v) is 11.4. The van der Waals surface area contributed by atoms with Gasteiger partial charge < -0.3 is 10.2 Å². The summed E-state index contributed by atoms with van der Waals surface area (Å²) in [5, 5.41) is 11.7. The smallest absolute Gasteiger partial charge is 0.321 e. The third-order valence-corrected chi connectivity index (χ3v) is 3.29. The lowest BCUT2D eigenvalue weighted by atomic mass is 10.2. The van der Waals surface area contributed by atoms with Gasteiger partial charge in [0, 0.05) is 38.4 Å². The summed E-state index contributed by atoms with van der Waals surface area (Å²) in [6.07, 6.45) is 1.88. The van der Waals surface area contributed by atoms with Gasteiger partial charge in [0.05, 0.1) is 11.6 Å². The van der Waals surface area contributed by atoms with E-state index >= 15 is 0 Å². The molecule has 1 saturated heterocycles. The maximum absolute atomic E-state index is 12.1. The predicted molar refractivity (Wildman–Crippen MR) is 78.4 cm³/mol. The first kappa shape index (κ1) is 14.1. The highest BCUT2D eigenvalue weighted by Crippen LogP contribution is 2.11. The molecule has 5 heteroatoms. The summed E-state index contributed by atoms with van der Waals surface area (Å²) in [5.74, 6) is 0. The number of piperazine rings is 1. The lowest BCUT2D eigenvalue weighted by molar-refractivity contribution is 0.156. The number of nitrogens with zero attached hydrogens (tertiary/aromatic N) is 3. The first-order valence-corrected chi connectivity index (χ1v) is 6.62. The third kappa shape index (κ3) is 3.59. The van der Waals surface area contributed by atoms with Crippen molar-refractivity contribution in [3.8, 4) is 6.07 Å². The van der Waals surface area contributed by atoms with Crippen molar-refractivity contribution in [3.63, 3.8) is 0 Å². The van der Waals surface area contributed by atoms with Crippen LogP contribution in [0.2, 0.25) is 0 Å². The van der Waals surface area contributed by atoms with Crippen LogP contribution in [0, 0.1) is 11.3 Å². The predicted octanol–water partition coefficient (Wildman–Crippen LogP) is 1.89. The van der Waals surface area contributed by atoms with Crippen LogP contribution in [0.15, 0.2) is 36.9 Å². The lowest BCUT2D eigenvalue weighted by Gasteiger charge is -2.34. The fourth-order valence-electron chi connectivity index (χ4n) is 2.19. The summed E-state index contributed by atoms with van der Waals surface area (Å²) in [6.45, 7) is 7.71. The first-order chi connectivity index (χ1) is 9.72. The molecule has 5 nitrogen and oxygen atoms in total. The number of urea groups is 1. The summed E-state index contributed by atoms with van der Waals surface area (Å²) >= 11 is 0. The van der Waals surface area contributed by atoms with Crippen LogP contribution in [0.3, 0.4) is 0 Å². The normalized spacial score (nSPS) is 15.4. The van der Waals surface area contributed by atoms with Crippen LogP contribution in [0.1, 0.15) is 5.56 Å². The number of nitriles is 1. The Bertz CT molecular complexity index is 527. The number of carbonyl (C=O) groups excluding carboxylic acids is 1. The lowest BCUT2D eigenvalue weighted by Crippen LogP contribution is -2.49. The molecule has 1 aromatic carbocycles. The van der Waals surface area contributed by atoms with E-state index in [1.165, 1.54) is 0 Å². The molecule has 0 spiro atoms. The summed E-state index contributed by atoms with van der Waals surface area (Å²) < 4.78 is 0. The molecule has 1 N–H and O–H groups in total. The standard InChI is InChI=1S/C15H18N4O/c1-2-6-18-7-9-19(10-8-18)15(20)17-14-5-3-4-13(11-14)12-16/h2-5,11H,1,6-10H2,(H,17,20). The maximum Gasteiger partial charge on any atom is 0.321 e. The fraction of sp³-hybridized carbons (Fsp3) is 0.333. The number of amides is 2. The van der Waals surface area contributed by atoms with Gasteiger partial charge in [-0.05, 0) is 18.2 Å². The van der Waals surface area contributed by atoms with E-state index in [1.807, 2.05) is 6.08 Å². The van der Waals surface area contributed by atoms with Crippen molar-refractivity contribution in [2.45, 2.75) is 0 Å². The molecule has 0 aliphatic carbocycles. The van der Waals surface area contributed by atoms with Crippen molar-refractivity contribution in [1.29, 1.82) is 5.26 Å². The van der Waals surface area contributed by atoms with Crippen LogP contribution in [0.25, 0.3) is 0 Å². The minimum absolute atomic E-state index is 0.113. The zero-order valence-electron chi connectivity index (χ0n) is 11.4. The van der Waals surface area contributed by atoms with Gasteiger partial charge in [-0.2, -0.15) is 5.26 Å². The zero-order chi connectivity index (χ0) is 14.4. The van der Waals surface area contributed by atoms with Crippen molar-refractivity contribution in [3.05, 3.63) is 42.5 Å². The molecule has 20 heavy (non-hydrogen) atoms. The Morgan fingerprint density at radius 1 is 1.40 bits per heavy atom. The van der Waals surface area contributed by atoms with Gasteiger partial charge in [-0.1, -0.05) is 12.1 Å². The van der Waals surface area contributed by atoms with Gasteiger partial charge >= 0.3 is 6.03 Å². The summed E-state index contributed by atoms with van der Waals surface area (Å²) in [4.78, 5) is 16.2. The Morgan fingerprint density at radius 2 is 2.15 bits per heavy atom. The monoisotopic (exact) mass is 270 g/mol. The summed E-state index contributed by atoms with van der Waals surface area (Å²) in [5.41, 5.74) is 1.20. The second kappa shape index (κ2) is 6.73. The second-order valence-electron chi connectivity index (χ2n) is 4.70. The van der Waals surface area contributed by atoms with E-state index in [-0.39, 0.29) is 6.03 Å². The topological polar surface area (TPSA) is 59.4 Å². The van der Waals surface area contributed by atoms with E-state index in [0.29, 0.717) is 24.3 Å². The van der Waals surface area contributed by atoms with Gasteiger partial charge in [0.1, 0.15) is 0 Å². The summed E-state index contributed by atoms with van der Waals surface area (Å²) in [6, 6.07) is 8.88. The third-order valence-electron chi connectivity index (χ3n) is 3.29. The van der Waals surface area contributed by atoms with Crippen molar-refractivity contribution >= 4 is 11.7 Å². The molecule has 1 fully saturated rings. The van der Waals surface area contributed by atoms with Crippen molar-refractivity contribution in [2.75, 3.05) is 38.0 Å². The van der Waals surface area contributed by atoms with Crippen LogP contribution >= 0.6 is 0 Å². The Hall–Kier alpha value is -2.32. The van der Waals surface area contributed by atoms with Gasteiger partial charge in [-0.3, -0.25) is 4.90 Å². The summed E-state index contributed by atoms with van der Waals surface area (Å²) in [7, 11) is 0. The molecule has 104 valence electrons. The van der Waals surface area contributed by atoms with Gasteiger partial charge in [0.2, 0.25) is 0 Å². The number of hydrogen-bond acceptors (Lipinski definition) is 3. The highest BCUT2D eigenvalue weighted by atomic mass is 16.2. The Kier molecular flexibility index (Phi) is 4.75. The van der Waals surface area contributed by atoms with E-state index in [9.17, 15) is 4.79 Å². The molecule has 2 rings (SSSR count). The number of anilines is 1. The molecule has 0 bridgehead atoms. The molecule has 0 unspecified atom stereocenters. The van der Waals surface area contributed by atoms with Crippen LogP contribution < -0.4 is 5.32 Å². The molecule has 1 aliphatic heterocycles. The Balaban J connectivity index is 1.89. The molecular formula is C15H18N4O. The molecule has 0 radical (unpaired) electrons. The van der Waals surface area contributed by atoms with Crippen molar-refractivity contribution in [1.82, 2.24) is 9.80 Å². The van der Waals surface area contributed by atoms with Crippen molar-refractivity contribution < 1.29 is 4.79 Å². The first-order valence-electron chi connectivity index (χ1n) is 6.62. The van der Waals surface area contributed by atoms with E-state index in [1.54, 1.807) is 29.2 Å². The SMILES string of the molecule is C=CCN1CCN(C(=O)Nc2cccc(C#N)c2)CC1. The number of carbonyl (C=O) groups is 1. The molecule has 0 aromatic heterocycles. The van der Waals surface area contributed by atoms with Gasteiger partial charge in [-0.25, -0.2) is 4.79 Å². The molecule has 2 amide bonds. The van der Waals surface area contributed by atoms with E-state index in [2.05, 4.69) is 22.9 Å². The molecule has 1 heterocycles. The second-order valence-corrected chi connectivity index (χ2v) is 4.70. The van der Waals surface area contributed by atoms with Gasteiger partial charge in [0.15, 0.2) is 0 Å². The van der Waals surface area contributed by atoms with Crippen LogP contribution in [-0.2, 0) is 0 Å². The fourth-order valence-corrected chi connectivity index (χ4v) is 2.19. The van der Waals surface area contributed by atoms with E-state index in [0.717, 1.165) is 19.6 Å². The Labute approximate surface area is 119 Å². The van der Waals surface area contributed by atoms with E-state index in [4.69, 9.17) is 5.26 Å². The van der Waals surface area contributed by atoms with Gasteiger partial charge in [-0.15, -0.1) is 6.58 Å². The molecule has 0 saturated carbocycles. The van der Waals surface area contributed by atoms with Crippen LogP contribution in [0.4, 0.5) is 10.5 Å². The van der Waals surface area contributed by atoms with Crippen molar-refractivity contribution in [2.24, 2.45) is 0 Å². The number of nitrogens with one attached hydrogen (secondary N) is 1. The molecule has 1 aromatic rings. The Morgan fingerprint density at radius 3 is 2.80 bits per heavy atom. The molecular weight excluding hydrogens is 252 g/mol. The largest absolute Gasteiger partial charge is 0.322 e. The molecule has 0 atom stereocenters. The highest BCUT2D eigenvalue weighted by molar-refractivity contribution is 5.89. The van der Waals surface area contributed by atoms with E-state index < -0.39 is 0 Å². The quantitative estimate of drug-likeness (QED) is 0.853. The average Bonchev–Trinajstić information content (AvgIpc) is 2.48. The number of benzene rings is 1. The number of rotatable bonds is 3. The minimum Gasteiger partial charge on any atom is -0.322 e. The van der Waals surface area contributed by atoms with Gasteiger partial charge in [0.25, 0.3) is 0 Å². The van der Waals surface area contributed by atoms with Crippen LogP contribution in [-0.4, -0.2) is 48.6 Å². The average molecular weight is 270 g/mol. The minimum atomic E-state index is -0.113. The highest BCUT2D eigenvalue weighted by Gasteiger charge is 2.20. The number of hydrogen-bond donors (Lipinski definition) is 1. The molecule has 1 aliphatic rings.